The number of nitrogens with two attached hydrogens (primary N) is 1. The lowest BCUT2D eigenvalue weighted by Crippen LogP contribution is -2.33. The van der Waals surface area contributed by atoms with Crippen LogP contribution in [0.5, 0.6) is 0 Å². The molecule has 104 valence electrons. The van der Waals surface area contributed by atoms with Crippen LogP contribution in [0.25, 0.3) is 0 Å². The Balaban J connectivity index is 2.21. The monoisotopic (exact) mass is 267 g/mol. The Morgan fingerprint density at radius 3 is 2.84 bits per heavy atom. The molecule has 1 atom stereocenters. The predicted molar refractivity (Wildman–Crippen MR) is 67.2 cm³/mol. The van der Waals surface area contributed by atoms with E-state index in [-0.39, 0.29) is 5.91 Å². The number of nitrogens with one attached hydrogen (secondary N) is 1. The van der Waals surface area contributed by atoms with Gasteiger partial charge in [-0.05, 0) is 24.4 Å². The van der Waals surface area contributed by atoms with Crippen molar-refractivity contribution in [3.63, 3.8) is 0 Å². The highest BCUT2D eigenvalue weighted by Gasteiger charge is 2.10. The highest BCUT2D eigenvalue weighted by atomic mass is 16.4. The number of aliphatic carboxylic acids is 1. The molecular formula is C12H19N4O3+. The van der Waals surface area contributed by atoms with Crippen molar-refractivity contribution in [1.82, 2.24) is 10.4 Å². The van der Waals surface area contributed by atoms with Crippen LogP contribution in [0, 0.1) is 0 Å². The number of rotatable bonds is 7. The summed E-state index contributed by atoms with van der Waals surface area (Å²) in [7, 11) is 1.77. The van der Waals surface area contributed by atoms with Gasteiger partial charge in [-0.1, -0.05) is 4.68 Å². The lowest BCUT2D eigenvalue weighted by molar-refractivity contribution is -0.730. The van der Waals surface area contributed by atoms with Crippen LogP contribution in [-0.2, 0) is 11.8 Å². The SMILES string of the molecule is C[n+]1ccc(C(=O)NCCCC[C@H](N)C(=O)O)cn1. The van der Waals surface area contributed by atoms with E-state index in [2.05, 4.69) is 10.4 Å². The largest absolute Gasteiger partial charge is 0.480 e. The Morgan fingerprint density at radius 2 is 2.26 bits per heavy atom. The van der Waals surface area contributed by atoms with Crippen LogP contribution in [0.3, 0.4) is 0 Å². The first kappa shape index (κ1) is 15.0. The number of hydrogen-bond acceptors (Lipinski definition) is 4. The minimum Gasteiger partial charge on any atom is -0.480 e. The number of unbranched alkanes of at least 4 members (excludes halogenated alkanes) is 1. The van der Waals surface area contributed by atoms with E-state index in [1.807, 2.05) is 0 Å². The highest BCUT2D eigenvalue weighted by Crippen LogP contribution is 1.99. The number of aromatic nitrogens is 2. The quantitative estimate of drug-likeness (QED) is 0.443. The molecule has 1 aromatic rings. The van der Waals surface area contributed by atoms with E-state index >= 15 is 0 Å². The van der Waals surface area contributed by atoms with E-state index in [9.17, 15) is 9.59 Å². The highest BCUT2D eigenvalue weighted by molar-refractivity contribution is 5.93. The van der Waals surface area contributed by atoms with Crippen LogP contribution < -0.4 is 15.7 Å². The fourth-order valence-electron chi connectivity index (χ4n) is 1.47. The fraction of sp³-hybridized carbons (Fsp3) is 0.500. The van der Waals surface area contributed by atoms with Crippen molar-refractivity contribution in [2.75, 3.05) is 6.54 Å². The summed E-state index contributed by atoms with van der Waals surface area (Å²) in [6.45, 7) is 0.492. The lowest BCUT2D eigenvalue weighted by atomic mass is 10.1. The van der Waals surface area contributed by atoms with Crippen LogP contribution in [0.4, 0.5) is 0 Å². The minimum absolute atomic E-state index is 0.185. The van der Waals surface area contributed by atoms with Crippen LogP contribution in [0.2, 0.25) is 0 Å². The number of carboxylic acids is 1. The van der Waals surface area contributed by atoms with Crippen molar-refractivity contribution in [2.24, 2.45) is 12.8 Å². The van der Waals surface area contributed by atoms with E-state index in [1.165, 1.54) is 6.20 Å². The molecule has 1 heterocycles. The average Bonchev–Trinajstić information content (AvgIpc) is 2.38. The zero-order chi connectivity index (χ0) is 14.3. The lowest BCUT2D eigenvalue weighted by Gasteiger charge is -2.06. The van der Waals surface area contributed by atoms with Gasteiger partial charge < -0.3 is 16.2 Å². The van der Waals surface area contributed by atoms with Crippen LogP contribution in [0.15, 0.2) is 18.5 Å². The summed E-state index contributed by atoms with van der Waals surface area (Å²) in [6.07, 6.45) is 4.96. The molecular weight excluding hydrogens is 248 g/mol. The first-order chi connectivity index (χ1) is 9.00. The molecule has 0 unspecified atom stereocenters. The number of carbonyl (C=O) groups is 2. The van der Waals surface area contributed by atoms with Crippen LogP contribution >= 0.6 is 0 Å². The molecule has 1 amide bonds. The summed E-state index contributed by atoms with van der Waals surface area (Å²) in [5.41, 5.74) is 5.87. The second-order valence-corrected chi connectivity index (χ2v) is 4.29. The summed E-state index contributed by atoms with van der Waals surface area (Å²) in [4.78, 5) is 22.2. The van der Waals surface area contributed by atoms with Crippen LogP contribution in [0.1, 0.15) is 29.6 Å². The molecule has 0 radical (unpaired) electrons. The molecule has 0 spiro atoms. The Labute approximate surface area is 111 Å². The van der Waals surface area contributed by atoms with Gasteiger partial charge in [0.2, 0.25) is 0 Å². The molecule has 19 heavy (non-hydrogen) atoms. The summed E-state index contributed by atoms with van der Waals surface area (Å²) in [5, 5.41) is 15.3. The molecule has 0 aliphatic carbocycles. The third-order valence-corrected chi connectivity index (χ3v) is 2.66. The normalized spacial score (nSPS) is 11.9. The van der Waals surface area contributed by atoms with Crippen molar-refractivity contribution in [1.29, 1.82) is 0 Å². The molecule has 0 aliphatic heterocycles. The molecule has 1 rings (SSSR count). The average molecular weight is 267 g/mol. The van der Waals surface area contributed by atoms with Crippen molar-refractivity contribution in [3.05, 3.63) is 24.0 Å². The summed E-state index contributed by atoms with van der Waals surface area (Å²) < 4.78 is 1.60. The number of amides is 1. The van der Waals surface area contributed by atoms with Gasteiger partial charge in [-0.2, -0.15) is 0 Å². The smallest absolute Gasteiger partial charge is 0.320 e. The second-order valence-electron chi connectivity index (χ2n) is 4.29. The van der Waals surface area contributed by atoms with Crippen molar-refractivity contribution in [3.8, 4) is 0 Å². The third kappa shape index (κ3) is 5.43. The van der Waals surface area contributed by atoms with Gasteiger partial charge in [0.15, 0.2) is 13.2 Å². The number of carboxylic acid groups (broad SMARTS) is 1. The molecule has 1 aromatic heterocycles. The molecule has 0 aliphatic rings. The van der Waals surface area contributed by atoms with E-state index in [1.54, 1.807) is 24.0 Å². The number of nitrogens with zero attached hydrogens (tertiary/aromatic N) is 2. The van der Waals surface area contributed by atoms with Gasteiger partial charge in [-0.15, -0.1) is 0 Å². The van der Waals surface area contributed by atoms with E-state index < -0.39 is 12.0 Å². The Morgan fingerprint density at radius 1 is 1.53 bits per heavy atom. The van der Waals surface area contributed by atoms with E-state index in [0.717, 1.165) is 0 Å². The molecule has 7 nitrogen and oxygen atoms in total. The summed E-state index contributed by atoms with van der Waals surface area (Å²) in [5.74, 6) is -1.18. The Hall–Kier alpha value is -2.02. The third-order valence-electron chi connectivity index (χ3n) is 2.66. The fourth-order valence-corrected chi connectivity index (χ4v) is 1.47. The van der Waals surface area contributed by atoms with Gasteiger partial charge in [-0.3, -0.25) is 9.59 Å². The van der Waals surface area contributed by atoms with E-state index in [0.29, 0.717) is 31.4 Å². The van der Waals surface area contributed by atoms with Crippen molar-refractivity contribution >= 4 is 11.9 Å². The van der Waals surface area contributed by atoms with Gasteiger partial charge in [0.05, 0.1) is 5.56 Å². The molecule has 0 bridgehead atoms. The molecule has 0 saturated heterocycles. The number of aryl methyl sites for hydroxylation is 1. The maximum absolute atomic E-state index is 11.7. The molecule has 0 aromatic carbocycles. The number of carbonyl (C=O) groups excluding carboxylic acids is 1. The topological polar surface area (TPSA) is 109 Å². The number of hydrogen-bond donors (Lipinski definition) is 3. The van der Waals surface area contributed by atoms with Crippen LogP contribution in [-0.4, -0.2) is 34.7 Å². The second kappa shape index (κ2) is 7.42. The standard InChI is InChI=1S/C12H18N4O3/c1-16-7-5-9(8-15-16)11(17)14-6-3-2-4-10(13)12(18)19/h5,7-8,10H,2-4,6,13H2,1H3,(H-,14,17,18,19)/p+1/t10-/m0/s1. The molecule has 4 N–H and O–H groups in total. The Kier molecular flexibility index (Phi) is 5.87. The zero-order valence-corrected chi connectivity index (χ0v) is 10.9. The molecule has 0 fully saturated rings. The summed E-state index contributed by atoms with van der Waals surface area (Å²) >= 11 is 0. The maximum atomic E-state index is 11.7. The maximum Gasteiger partial charge on any atom is 0.320 e. The van der Waals surface area contributed by atoms with E-state index in [4.69, 9.17) is 10.8 Å². The molecule has 7 heteroatoms. The van der Waals surface area contributed by atoms with Gasteiger partial charge in [0.1, 0.15) is 12.2 Å². The van der Waals surface area contributed by atoms with Gasteiger partial charge in [0, 0.05) is 12.6 Å². The van der Waals surface area contributed by atoms with Crippen molar-refractivity contribution in [2.45, 2.75) is 25.3 Å². The minimum atomic E-state index is -0.993. The summed E-state index contributed by atoms with van der Waals surface area (Å²) in [6, 6.07) is 0.858. The first-order valence-corrected chi connectivity index (χ1v) is 6.09. The Bertz CT molecular complexity index is 433. The predicted octanol–water partition coefficient (Wildman–Crippen LogP) is -0.782. The first-order valence-electron chi connectivity index (χ1n) is 6.09. The zero-order valence-electron chi connectivity index (χ0n) is 10.9. The molecule has 0 saturated carbocycles. The van der Waals surface area contributed by atoms with Gasteiger partial charge in [-0.25, -0.2) is 0 Å². The van der Waals surface area contributed by atoms with Gasteiger partial charge >= 0.3 is 5.97 Å². The van der Waals surface area contributed by atoms with Crippen molar-refractivity contribution < 1.29 is 19.4 Å². The van der Waals surface area contributed by atoms with Gasteiger partial charge in [0.25, 0.3) is 5.91 Å².